The minimum absolute atomic E-state index is 0.314. The third-order valence-corrected chi connectivity index (χ3v) is 3.86. The summed E-state index contributed by atoms with van der Waals surface area (Å²) in [4.78, 5) is 4.30. The number of benzene rings is 2. The molecule has 4 heteroatoms. The summed E-state index contributed by atoms with van der Waals surface area (Å²) in [5.41, 5.74) is 9.06. The zero-order valence-corrected chi connectivity index (χ0v) is 12.1. The average Bonchev–Trinajstić information content (AvgIpc) is 2.48. The van der Waals surface area contributed by atoms with E-state index in [-0.39, 0.29) is 6.04 Å². The summed E-state index contributed by atoms with van der Waals surface area (Å²) in [7, 11) is 0. The van der Waals surface area contributed by atoms with Gasteiger partial charge in [0.05, 0.1) is 11.6 Å². The Morgan fingerprint density at radius 1 is 1.00 bits per heavy atom. The summed E-state index contributed by atoms with van der Waals surface area (Å²) in [6.45, 7) is 0. The van der Waals surface area contributed by atoms with Crippen LogP contribution in [0.25, 0.3) is 10.9 Å². The largest absolute Gasteiger partial charge is 0.320 e. The van der Waals surface area contributed by atoms with Gasteiger partial charge in [-0.25, -0.2) is 0 Å². The van der Waals surface area contributed by atoms with Crippen molar-refractivity contribution < 1.29 is 0 Å². The molecule has 2 aromatic carbocycles. The fraction of sp³-hybridized carbons (Fsp3) is 0.0625. The zero-order chi connectivity index (χ0) is 14.1. The molecule has 1 unspecified atom stereocenters. The van der Waals surface area contributed by atoms with Crippen molar-refractivity contribution in [2.45, 2.75) is 6.04 Å². The second-order valence-corrected chi connectivity index (χ2v) is 5.44. The molecule has 0 aliphatic rings. The Balaban J connectivity index is 2.07. The first-order valence-electron chi connectivity index (χ1n) is 6.20. The van der Waals surface area contributed by atoms with E-state index < -0.39 is 0 Å². The van der Waals surface area contributed by atoms with Crippen LogP contribution in [0.4, 0.5) is 0 Å². The van der Waals surface area contributed by atoms with Crippen molar-refractivity contribution in [3.8, 4) is 0 Å². The van der Waals surface area contributed by atoms with Crippen molar-refractivity contribution in [2.24, 2.45) is 5.73 Å². The lowest BCUT2D eigenvalue weighted by Gasteiger charge is -2.15. The molecule has 0 amide bonds. The molecule has 0 aliphatic heterocycles. The highest BCUT2D eigenvalue weighted by Gasteiger charge is 2.13. The minimum Gasteiger partial charge on any atom is -0.320 e. The topological polar surface area (TPSA) is 38.9 Å². The lowest BCUT2D eigenvalue weighted by molar-refractivity contribution is 0.873. The van der Waals surface area contributed by atoms with Gasteiger partial charge in [-0.15, -0.1) is 0 Å². The maximum atomic E-state index is 6.31. The van der Waals surface area contributed by atoms with E-state index in [1.54, 1.807) is 18.3 Å². The average molecular weight is 303 g/mol. The Hall–Kier alpha value is -1.61. The summed E-state index contributed by atoms with van der Waals surface area (Å²) in [5.74, 6) is 0. The number of nitrogens with zero attached hydrogens (tertiary/aromatic N) is 1. The van der Waals surface area contributed by atoms with Crippen molar-refractivity contribution in [2.75, 3.05) is 0 Å². The van der Waals surface area contributed by atoms with Crippen LogP contribution in [0.1, 0.15) is 17.2 Å². The number of hydrogen-bond donors (Lipinski definition) is 1. The van der Waals surface area contributed by atoms with E-state index in [4.69, 9.17) is 28.9 Å². The molecule has 2 nitrogen and oxygen atoms in total. The zero-order valence-electron chi connectivity index (χ0n) is 10.6. The summed E-state index contributed by atoms with van der Waals surface area (Å²) in [6.07, 6.45) is 1.77. The molecule has 0 saturated carbocycles. The second kappa shape index (κ2) is 5.41. The standard InChI is InChI=1S/C16H12Cl2N2/c17-12-4-5-14(18)13(9-12)16(19)11-3-6-15-10(8-11)2-1-7-20-15/h1-9,16H,19H2. The van der Waals surface area contributed by atoms with Crippen molar-refractivity contribution in [1.82, 2.24) is 4.98 Å². The molecule has 0 aliphatic carbocycles. The van der Waals surface area contributed by atoms with Crippen molar-refractivity contribution in [3.63, 3.8) is 0 Å². The molecule has 20 heavy (non-hydrogen) atoms. The summed E-state index contributed by atoms with van der Waals surface area (Å²) in [6, 6.07) is 14.9. The molecule has 1 atom stereocenters. The monoisotopic (exact) mass is 302 g/mol. The summed E-state index contributed by atoms with van der Waals surface area (Å²) in [5, 5.41) is 2.30. The Morgan fingerprint density at radius 2 is 1.85 bits per heavy atom. The summed E-state index contributed by atoms with van der Waals surface area (Å²) >= 11 is 12.2. The third kappa shape index (κ3) is 2.50. The lowest BCUT2D eigenvalue weighted by Crippen LogP contribution is -2.12. The molecule has 0 spiro atoms. The molecule has 0 fully saturated rings. The molecule has 1 heterocycles. The van der Waals surface area contributed by atoms with Gasteiger partial charge in [0.1, 0.15) is 0 Å². The number of nitrogens with two attached hydrogens (primary N) is 1. The number of rotatable bonds is 2. The Labute approximate surface area is 127 Å². The fourth-order valence-electron chi connectivity index (χ4n) is 2.22. The number of hydrogen-bond acceptors (Lipinski definition) is 2. The van der Waals surface area contributed by atoms with Gasteiger partial charge in [-0.1, -0.05) is 35.3 Å². The van der Waals surface area contributed by atoms with E-state index in [9.17, 15) is 0 Å². The van der Waals surface area contributed by atoms with E-state index in [0.717, 1.165) is 22.0 Å². The Kier molecular flexibility index (Phi) is 3.62. The van der Waals surface area contributed by atoms with Gasteiger partial charge in [0, 0.05) is 21.6 Å². The molecular weight excluding hydrogens is 291 g/mol. The van der Waals surface area contributed by atoms with Crippen LogP contribution in [0.3, 0.4) is 0 Å². The Morgan fingerprint density at radius 3 is 2.70 bits per heavy atom. The van der Waals surface area contributed by atoms with Crippen LogP contribution in [-0.2, 0) is 0 Å². The molecular formula is C16H12Cl2N2. The third-order valence-electron chi connectivity index (χ3n) is 3.28. The van der Waals surface area contributed by atoms with E-state index in [1.165, 1.54) is 0 Å². The maximum Gasteiger partial charge on any atom is 0.0702 e. The van der Waals surface area contributed by atoms with Crippen LogP contribution < -0.4 is 5.73 Å². The molecule has 0 saturated heterocycles. The second-order valence-electron chi connectivity index (χ2n) is 4.60. The first-order chi connectivity index (χ1) is 9.65. The van der Waals surface area contributed by atoms with Crippen molar-refractivity contribution in [3.05, 3.63) is 75.9 Å². The molecule has 100 valence electrons. The number of halogens is 2. The van der Waals surface area contributed by atoms with Crippen LogP contribution in [0.2, 0.25) is 10.0 Å². The number of aromatic nitrogens is 1. The van der Waals surface area contributed by atoms with Gasteiger partial charge in [-0.3, -0.25) is 4.98 Å². The van der Waals surface area contributed by atoms with Crippen LogP contribution in [0.15, 0.2) is 54.7 Å². The van der Waals surface area contributed by atoms with Gasteiger partial charge in [-0.2, -0.15) is 0 Å². The lowest BCUT2D eigenvalue weighted by atomic mass is 9.98. The van der Waals surface area contributed by atoms with E-state index >= 15 is 0 Å². The SMILES string of the molecule is NC(c1ccc2ncccc2c1)c1cc(Cl)ccc1Cl. The van der Waals surface area contributed by atoms with Gasteiger partial charge in [-0.05, 0) is 47.5 Å². The predicted molar refractivity (Wildman–Crippen MR) is 84.2 cm³/mol. The van der Waals surface area contributed by atoms with Gasteiger partial charge in [0.25, 0.3) is 0 Å². The molecule has 0 bridgehead atoms. The minimum atomic E-state index is -0.314. The van der Waals surface area contributed by atoms with Gasteiger partial charge >= 0.3 is 0 Å². The van der Waals surface area contributed by atoms with Gasteiger partial charge in [0.2, 0.25) is 0 Å². The van der Waals surface area contributed by atoms with Crippen molar-refractivity contribution >= 4 is 34.1 Å². The van der Waals surface area contributed by atoms with Gasteiger partial charge < -0.3 is 5.73 Å². The van der Waals surface area contributed by atoms with E-state index in [0.29, 0.717) is 10.0 Å². The number of fused-ring (bicyclic) bond motifs is 1. The Bertz CT molecular complexity index is 771. The normalized spacial score (nSPS) is 12.6. The smallest absolute Gasteiger partial charge is 0.0702 e. The van der Waals surface area contributed by atoms with Crippen LogP contribution in [0, 0.1) is 0 Å². The highest BCUT2D eigenvalue weighted by Crippen LogP contribution is 2.30. The van der Waals surface area contributed by atoms with Crippen LogP contribution in [-0.4, -0.2) is 4.98 Å². The first kappa shape index (κ1) is 13.4. The quantitative estimate of drug-likeness (QED) is 0.752. The molecule has 3 aromatic rings. The van der Waals surface area contributed by atoms with Crippen molar-refractivity contribution in [1.29, 1.82) is 0 Å². The van der Waals surface area contributed by atoms with E-state index in [2.05, 4.69) is 4.98 Å². The molecule has 3 rings (SSSR count). The molecule has 0 radical (unpaired) electrons. The highest BCUT2D eigenvalue weighted by molar-refractivity contribution is 6.33. The van der Waals surface area contributed by atoms with E-state index in [1.807, 2.05) is 36.4 Å². The maximum absolute atomic E-state index is 6.31. The first-order valence-corrected chi connectivity index (χ1v) is 6.96. The summed E-state index contributed by atoms with van der Waals surface area (Å²) < 4.78 is 0. The number of pyridine rings is 1. The fourth-order valence-corrected chi connectivity index (χ4v) is 2.64. The van der Waals surface area contributed by atoms with Crippen LogP contribution in [0.5, 0.6) is 0 Å². The van der Waals surface area contributed by atoms with Crippen LogP contribution >= 0.6 is 23.2 Å². The highest BCUT2D eigenvalue weighted by atomic mass is 35.5. The van der Waals surface area contributed by atoms with Gasteiger partial charge in [0.15, 0.2) is 0 Å². The predicted octanol–water partition coefficient (Wildman–Crippen LogP) is 4.59. The molecule has 2 N–H and O–H groups in total. The molecule has 1 aromatic heterocycles.